The molecule has 0 heterocycles. The van der Waals surface area contributed by atoms with Crippen LogP contribution in [0, 0.1) is 0 Å². The van der Waals surface area contributed by atoms with E-state index in [4.69, 9.17) is 20.6 Å². The zero-order valence-electron chi connectivity index (χ0n) is 55.0. The van der Waals surface area contributed by atoms with Crippen molar-refractivity contribution in [1.82, 2.24) is 0 Å². The minimum atomic E-state index is -1.23. The van der Waals surface area contributed by atoms with Gasteiger partial charge in [-0.3, -0.25) is 0 Å². The van der Waals surface area contributed by atoms with Crippen LogP contribution in [-0.4, -0.2) is 0 Å². The van der Waals surface area contributed by atoms with E-state index in [1.807, 2.05) is 0 Å². The highest BCUT2D eigenvalue weighted by atomic mass is 14.2. The molecule has 50 heavy (non-hydrogen) atoms. The van der Waals surface area contributed by atoms with Gasteiger partial charge in [0.15, 0.2) is 0 Å². The lowest BCUT2D eigenvalue weighted by molar-refractivity contribution is 1.57. The lowest BCUT2D eigenvalue weighted by Crippen LogP contribution is -1.93. The quantitative estimate of drug-likeness (QED) is 0.165. The lowest BCUT2D eigenvalue weighted by Gasteiger charge is -2.19. The fourth-order valence-corrected chi connectivity index (χ4v) is 6.47. The summed E-state index contributed by atoms with van der Waals surface area (Å²) in [5, 5.41) is -5.74. The van der Waals surface area contributed by atoms with Crippen molar-refractivity contribution < 1.29 is 41.1 Å². The van der Waals surface area contributed by atoms with Gasteiger partial charge >= 0.3 is 0 Å². The summed E-state index contributed by atoms with van der Waals surface area (Å²) in [6, 6.07) is -28.6. The predicted octanol–water partition coefficient (Wildman–Crippen LogP) is 14.1. The number of benzene rings is 11. The molecule has 0 aliphatic carbocycles. The van der Waals surface area contributed by atoms with Crippen LogP contribution in [0.25, 0.3) is 109 Å². The van der Waals surface area contributed by atoms with Crippen molar-refractivity contribution in [2.45, 2.75) is 0 Å². The SMILES string of the molecule is [2H]c1c([2H])c([2H])c(-c2c([2H])c(-c3c([2H])c([2H])c4c([2H])c([2H])c5c([2H])c([2H])c([2H])c6c([2H])c([2H])c3c4c56)c([2H])c([2H])c2-c2c([2H])c([2H])c([2H])c([2H])c2-c2c([2H])c([2H])c3c([2H])c([2H])c4c([2H])c([2H])c([2H])c5c([2H])c([2H])c2c3c45)c([2H])c1[2H]. The van der Waals surface area contributed by atoms with E-state index >= 15 is 0 Å². The first-order valence-corrected chi connectivity index (χ1v) is 15.0. The summed E-state index contributed by atoms with van der Waals surface area (Å²) in [7, 11) is 0. The van der Waals surface area contributed by atoms with E-state index in [0.29, 0.717) is 0 Å². The van der Waals surface area contributed by atoms with Crippen LogP contribution in [0.2, 0.25) is 0 Å². The average molecular weight is 661 g/mol. The van der Waals surface area contributed by atoms with Crippen molar-refractivity contribution in [1.29, 1.82) is 0 Å². The molecule has 0 heteroatoms. The molecule has 0 radical (unpaired) electrons. The Morgan fingerprint density at radius 1 is 0.240 bits per heavy atom. The highest BCUT2D eigenvalue weighted by Crippen LogP contribution is 2.46. The second-order valence-electron chi connectivity index (χ2n) is 11.2. The van der Waals surface area contributed by atoms with Gasteiger partial charge < -0.3 is 0 Å². The van der Waals surface area contributed by atoms with Gasteiger partial charge in [0.2, 0.25) is 0 Å². The predicted molar refractivity (Wildman–Crippen MR) is 216 cm³/mol. The van der Waals surface area contributed by atoms with Crippen molar-refractivity contribution >= 4 is 64.6 Å². The smallest absolute Gasteiger partial charge is 0.0622 e. The van der Waals surface area contributed by atoms with Crippen molar-refractivity contribution in [3.8, 4) is 44.5 Å². The Bertz CT molecular complexity index is 4730. The van der Waals surface area contributed by atoms with E-state index in [1.165, 1.54) is 0 Å². The molecule has 0 saturated heterocycles. The Hall–Kier alpha value is -6.50. The molecule has 0 unspecified atom stereocenters. The summed E-state index contributed by atoms with van der Waals surface area (Å²) in [5.41, 5.74) is -7.45. The van der Waals surface area contributed by atoms with Crippen LogP contribution < -0.4 is 0 Å². The van der Waals surface area contributed by atoms with E-state index in [0.717, 1.165) is 0 Å². The van der Waals surface area contributed by atoms with E-state index in [9.17, 15) is 20.6 Å². The first kappa shape index (κ1) is 11.3. The monoisotopic (exact) mass is 660 g/mol. The summed E-state index contributed by atoms with van der Waals surface area (Å²) in [5.74, 6) is 0. The van der Waals surface area contributed by atoms with Gasteiger partial charge in [0.1, 0.15) is 0 Å². The molecule has 0 nitrogen and oxygen atoms in total. The zero-order chi connectivity index (χ0) is 58.9. The van der Waals surface area contributed by atoms with Crippen LogP contribution in [0.1, 0.15) is 41.1 Å². The van der Waals surface area contributed by atoms with Gasteiger partial charge in [-0.1, -0.05) is 175 Å². The molecule has 0 aliphatic heterocycles. The number of hydrogen-bond acceptors (Lipinski definition) is 0. The van der Waals surface area contributed by atoms with Crippen LogP contribution in [0.4, 0.5) is 0 Å². The number of rotatable bonds is 4. The van der Waals surface area contributed by atoms with Gasteiger partial charge in [-0.05, 0) is 115 Å². The summed E-state index contributed by atoms with van der Waals surface area (Å²) >= 11 is 0. The van der Waals surface area contributed by atoms with E-state index in [1.54, 1.807) is 0 Å². The molecule has 0 spiro atoms. The molecule has 0 N–H and O–H groups in total. The van der Waals surface area contributed by atoms with Gasteiger partial charge in [-0.25, -0.2) is 0 Å². The molecular weight excluding hydrogens is 601 g/mol. The minimum absolute atomic E-state index is 0.346. The summed E-state index contributed by atoms with van der Waals surface area (Å²) in [4.78, 5) is 0. The Balaban J connectivity index is 1.42. The normalized spacial score (nSPS) is 20.4. The van der Waals surface area contributed by atoms with Crippen molar-refractivity contribution in [2.75, 3.05) is 0 Å². The van der Waals surface area contributed by atoms with Gasteiger partial charge in [0, 0.05) is 0 Å². The minimum Gasteiger partial charge on any atom is -0.0622 e. The van der Waals surface area contributed by atoms with E-state index in [2.05, 4.69) is 0 Å². The fourth-order valence-electron chi connectivity index (χ4n) is 6.47. The van der Waals surface area contributed by atoms with Crippen molar-refractivity contribution in [3.63, 3.8) is 0 Å². The van der Waals surface area contributed by atoms with Gasteiger partial charge in [-0.15, -0.1) is 0 Å². The second-order valence-corrected chi connectivity index (χ2v) is 11.2. The van der Waals surface area contributed by atoms with E-state index < -0.39 is 280 Å². The standard InChI is InChI=1S/C50H30/c1-2-8-31(9-3-1)46-30-38(39-25-20-36-18-16-32-10-6-12-34-22-28-44(39)49(36)47(32)34)24-27-43(46)41-15-5-4-14-40(41)42-26-21-37-19-17-33-11-7-13-35-23-29-45(42)50(37)48(33)35/h1-30H/i1D,2D,3D,4D,5D,6D,7D,8D,9D,10D,11D,12D,13D,14D,15D,16D,17D,18D,19D,20D,21D,22D,23D,24D,25D,26D,27D,28D,29D,30D. The average Bonchev–Trinajstić information content (AvgIpc) is 2.46. The maximum absolute atomic E-state index is 10.2. The Morgan fingerprint density at radius 3 is 1.26 bits per heavy atom. The zero-order valence-corrected chi connectivity index (χ0v) is 25.0. The van der Waals surface area contributed by atoms with Crippen LogP contribution in [0.5, 0.6) is 0 Å². The highest BCUT2D eigenvalue weighted by Gasteiger charge is 2.19. The molecular formula is C50H30. The molecule has 0 bridgehead atoms. The molecule has 0 amide bonds. The maximum atomic E-state index is 10.2. The Kier molecular flexibility index (Phi) is 2.37. The van der Waals surface area contributed by atoms with Crippen LogP contribution in [0.3, 0.4) is 0 Å². The molecule has 0 aromatic heterocycles. The molecule has 0 fully saturated rings. The molecule has 0 saturated carbocycles. The Labute approximate surface area is 332 Å². The van der Waals surface area contributed by atoms with Crippen LogP contribution in [0.15, 0.2) is 181 Å². The fraction of sp³-hybridized carbons (Fsp3) is 0. The van der Waals surface area contributed by atoms with Crippen LogP contribution in [-0.2, 0) is 0 Å². The summed E-state index contributed by atoms with van der Waals surface area (Å²) < 4.78 is 275. The largest absolute Gasteiger partial charge is 0.0636 e. The summed E-state index contributed by atoms with van der Waals surface area (Å²) in [6.07, 6.45) is 0. The third-order valence-corrected chi connectivity index (χ3v) is 8.62. The number of hydrogen-bond donors (Lipinski definition) is 0. The third kappa shape index (κ3) is 3.94. The van der Waals surface area contributed by atoms with Gasteiger partial charge in [-0.2, -0.15) is 0 Å². The Morgan fingerprint density at radius 2 is 0.660 bits per heavy atom. The molecule has 0 aliphatic rings. The molecule has 230 valence electrons. The highest BCUT2D eigenvalue weighted by molar-refractivity contribution is 6.27. The van der Waals surface area contributed by atoms with E-state index in [-0.39, 0.29) is 10.8 Å². The first-order valence-electron chi connectivity index (χ1n) is 30.0. The van der Waals surface area contributed by atoms with Crippen LogP contribution >= 0.6 is 0 Å². The van der Waals surface area contributed by atoms with Gasteiger partial charge in [0.25, 0.3) is 0 Å². The topological polar surface area (TPSA) is 0 Å². The maximum Gasteiger partial charge on any atom is 0.0636 e. The lowest BCUT2D eigenvalue weighted by atomic mass is 9.84. The molecule has 11 aromatic rings. The van der Waals surface area contributed by atoms with Crippen molar-refractivity contribution in [3.05, 3.63) is 181 Å². The third-order valence-electron chi connectivity index (χ3n) is 8.62. The van der Waals surface area contributed by atoms with Crippen molar-refractivity contribution in [2.24, 2.45) is 0 Å². The van der Waals surface area contributed by atoms with Gasteiger partial charge in [0.05, 0.1) is 41.1 Å². The molecule has 11 aromatic carbocycles. The molecule has 0 atom stereocenters. The first-order chi connectivity index (χ1) is 37.3. The summed E-state index contributed by atoms with van der Waals surface area (Å²) in [6.45, 7) is 0. The molecule has 11 rings (SSSR count). The second kappa shape index (κ2) is 10.5.